The topological polar surface area (TPSA) is 52.8 Å². The van der Waals surface area contributed by atoms with Gasteiger partial charge in [-0.25, -0.2) is 0 Å². The van der Waals surface area contributed by atoms with Crippen molar-refractivity contribution in [1.82, 2.24) is 0 Å². The van der Waals surface area contributed by atoms with Gasteiger partial charge in [-0.2, -0.15) is 65.5 Å². The first-order valence-corrected chi connectivity index (χ1v) is 16.1. The average molecular weight is 826 g/mol. The summed E-state index contributed by atoms with van der Waals surface area (Å²) in [6.07, 6.45) is -23.6. The summed E-state index contributed by atoms with van der Waals surface area (Å²) < 4.78 is 163. The normalized spacial score (nSPS) is 13.3. The predicted octanol–water partition coefficient (Wildman–Crippen LogP) is 11.2. The van der Waals surface area contributed by atoms with E-state index in [4.69, 9.17) is 0 Å². The van der Waals surface area contributed by atoms with Crippen LogP contribution in [0.4, 0.5) is 58.4 Å². The van der Waals surface area contributed by atoms with Gasteiger partial charge in [-0.05, 0) is 0 Å². The zero-order valence-corrected chi connectivity index (χ0v) is 29.6. The molecule has 0 atom stereocenters. The fraction of sp³-hybridized carbons (Fsp3) is 0.429. The monoisotopic (exact) mass is 827 g/mol. The number of rotatable bonds is 11. The predicted molar refractivity (Wildman–Crippen MR) is 162 cm³/mol. The van der Waals surface area contributed by atoms with Crippen LogP contribution in [-0.4, -0.2) is 34.9 Å². The van der Waals surface area contributed by atoms with E-state index in [-0.39, 0.29) is 6.42 Å². The SMILES string of the molecule is CC(C)c1cccc(C(C)C)c1[N]=[Mo].OC(c1ccccc1C[CH-]C[CH-]Cc1ccccc1C(O)(C(F)(F)F)C(F)(F)F)(C(F)(F)F)C(F)(F)F. The van der Waals surface area contributed by atoms with E-state index in [9.17, 15) is 62.9 Å². The first kappa shape index (κ1) is 44.4. The van der Waals surface area contributed by atoms with Crippen molar-refractivity contribution in [2.75, 3.05) is 0 Å². The maximum atomic E-state index is 13.2. The Kier molecular flexibility index (Phi) is 14.7. The van der Waals surface area contributed by atoms with Gasteiger partial charge < -0.3 is 29.5 Å². The molecule has 3 aromatic carbocycles. The Labute approximate surface area is 298 Å². The Morgan fingerprint density at radius 2 is 0.863 bits per heavy atom. The first-order valence-electron chi connectivity index (χ1n) is 15.2. The fourth-order valence-electron chi connectivity index (χ4n) is 5.25. The summed E-state index contributed by atoms with van der Waals surface area (Å²) in [4.78, 5) is 0. The van der Waals surface area contributed by atoms with E-state index < -0.39 is 71.0 Å². The van der Waals surface area contributed by atoms with Crippen LogP contribution in [0.3, 0.4) is 0 Å². The molecular weight excluding hydrogens is 790 g/mol. The third kappa shape index (κ3) is 9.81. The number of alkyl halides is 12. The molecule has 0 heterocycles. The molecule has 0 saturated heterocycles. The second-order valence-electron chi connectivity index (χ2n) is 12.1. The van der Waals surface area contributed by atoms with Crippen LogP contribution in [-0.2, 0) is 43.7 Å². The molecule has 0 aliphatic carbocycles. The molecule has 16 heteroatoms. The molecule has 0 radical (unpaired) electrons. The van der Waals surface area contributed by atoms with Gasteiger partial charge in [0.15, 0.2) is 0 Å². The third-order valence-electron chi connectivity index (χ3n) is 7.95. The van der Waals surface area contributed by atoms with Crippen LogP contribution < -0.4 is 0 Å². The number of hydrogen-bond acceptors (Lipinski definition) is 3. The van der Waals surface area contributed by atoms with Crippen LogP contribution in [0, 0.1) is 12.8 Å². The quantitative estimate of drug-likeness (QED) is 0.0876. The first-order chi connectivity index (χ1) is 23.3. The molecule has 0 aromatic heterocycles. The van der Waals surface area contributed by atoms with Crippen molar-refractivity contribution in [3.05, 3.63) is 113 Å². The number of unbranched alkanes of at least 4 members (excludes halogenated alkanes) is 2. The second kappa shape index (κ2) is 16.9. The number of aliphatic hydroxyl groups is 2. The molecule has 0 aliphatic rings. The summed E-state index contributed by atoms with van der Waals surface area (Å²) in [6, 6.07) is 13.1. The van der Waals surface area contributed by atoms with E-state index in [1.165, 1.54) is 16.8 Å². The standard InChI is InChI=1S/C23H18F12O2.C12H17N.Mo/c24-20(25,26)18(36,21(27,28)29)16-12-6-4-10-14(16)8-2-1-3-9-15-11-5-7-13-17(15)19(37,22(30,31)32)23(33,34)35;1-8(2)10-6-5-7-11(9(3)4)12(10)13;/h2-7,10-13,36-37H,1,8-9H2;5-9H,1-4H3;/q-2;;. The Hall–Kier alpha value is -2.77. The molecule has 3 nitrogen and oxygen atoms in total. The summed E-state index contributed by atoms with van der Waals surface area (Å²) in [6.45, 7) is 8.87. The van der Waals surface area contributed by atoms with Crippen molar-refractivity contribution in [3.8, 4) is 0 Å². The van der Waals surface area contributed by atoms with Crippen molar-refractivity contribution in [2.45, 2.75) is 94.7 Å². The van der Waals surface area contributed by atoms with E-state index in [1.54, 1.807) is 0 Å². The molecule has 284 valence electrons. The van der Waals surface area contributed by atoms with Gasteiger partial charge in [-0.15, -0.1) is 0 Å². The van der Waals surface area contributed by atoms with Crippen molar-refractivity contribution in [2.24, 2.45) is 3.50 Å². The van der Waals surface area contributed by atoms with Gasteiger partial charge >= 0.3 is 122 Å². The van der Waals surface area contributed by atoms with Crippen LogP contribution in [0.15, 0.2) is 70.2 Å². The molecule has 51 heavy (non-hydrogen) atoms. The van der Waals surface area contributed by atoms with Gasteiger partial charge in [-0.3, -0.25) is 0 Å². The molecule has 0 amide bonds. The van der Waals surface area contributed by atoms with Crippen LogP contribution in [0.5, 0.6) is 0 Å². The van der Waals surface area contributed by atoms with Gasteiger partial charge in [-0.1, -0.05) is 59.7 Å². The van der Waals surface area contributed by atoms with Crippen LogP contribution >= 0.6 is 0 Å². The fourth-order valence-corrected chi connectivity index (χ4v) is 5.77. The Morgan fingerprint density at radius 1 is 0.549 bits per heavy atom. The summed E-state index contributed by atoms with van der Waals surface area (Å²) >= 11 is 1.81. The van der Waals surface area contributed by atoms with E-state index >= 15 is 0 Å². The smallest absolute Gasteiger partial charge is 0.369 e. The van der Waals surface area contributed by atoms with Gasteiger partial charge in [0, 0.05) is 11.1 Å². The molecule has 0 fully saturated rings. The number of benzene rings is 3. The molecular formula is C35H35F12MoNO2-2. The van der Waals surface area contributed by atoms with Gasteiger partial charge in [0.2, 0.25) is 0 Å². The maximum Gasteiger partial charge on any atom is 0.430 e. The Bertz CT molecular complexity index is 1460. The Balaban J connectivity index is 0.000000536. The number of halogens is 12. The van der Waals surface area contributed by atoms with Crippen molar-refractivity contribution < 1.29 is 82.5 Å². The maximum absolute atomic E-state index is 13.2. The summed E-state index contributed by atoms with van der Waals surface area (Å²) in [5.74, 6) is 1.10. The van der Waals surface area contributed by atoms with E-state index in [0.717, 1.165) is 49.2 Å². The molecule has 0 saturated carbocycles. The zero-order valence-electron chi connectivity index (χ0n) is 27.6. The molecule has 2 N–H and O–H groups in total. The molecule has 3 rings (SSSR count). The Morgan fingerprint density at radius 3 is 1.14 bits per heavy atom. The average Bonchev–Trinajstić information content (AvgIpc) is 3.01. The molecule has 0 unspecified atom stereocenters. The van der Waals surface area contributed by atoms with E-state index in [1.807, 2.05) is 19.6 Å². The molecule has 0 bridgehead atoms. The van der Waals surface area contributed by atoms with Crippen LogP contribution in [0.2, 0.25) is 0 Å². The largest absolute Gasteiger partial charge is 0.430 e. The molecule has 3 aromatic rings. The van der Waals surface area contributed by atoms with Crippen LogP contribution in [0.25, 0.3) is 0 Å². The minimum atomic E-state index is -6.12. The number of nitrogens with zero attached hydrogens (tertiary/aromatic N) is 1. The second-order valence-corrected chi connectivity index (χ2v) is 12.6. The minimum Gasteiger partial charge on any atom is -0.369 e. The zero-order chi connectivity index (χ0) is 39.2. The summed E-state index contributed by atoms with van der Waals surface area (Å²) in [5, 5.41) is 19.3. The summed E-state index contributed by atoms with van der Waals surface area (Å²) in [5.41, 5.74) is -10.5. The summed E-state index contributed by atoms with van der Waals surface area (Å²) in [7, 11) is 0. The van der Waals surface area contributed by atoms with Gasteiger partial charge in [0.05, 0.1) is 0 Å². The minimum absolute atomic E-state index is 0.268. The van der Waals surface area contributed by atoms with Crippen molar-refractivity contribution >= 4 is 5.69 Å². The molecule has 0 spiro atoms. The van der Waals surface area contributed by atoms with Gasteiger partial charge in [0.25, 0.3) is 11.2 Å². The number of hydrogen-bond donors (Lipinski definition) is 2. The van der Waals surface area contributed by atoms with Crippen molar-refractivity contribution in [3.63, 3.8) is 0 Å². The van der Waals surface area contributed by atoms with E-state index in [0.29, 0.717) is 24.0 Å². The van der Waals surface area contributed by atoms with Crippen molar-refractivity contribution in [1.29, 1.82) is 0 Å². The third-order valence-corrected chi connectivity index (χ3v) is 8.40. The van der Waals surface area contributed by atoms with E-state index in [2.05, 4.69) is 49.4 Å². The van der Waals surface area contributed by atoms with Gasteiger partial charge in [0.1, 0.15) is 0 Å². The molecule has 0 aliphatic heterocycles. The van der Waals surface area contributed by atoms with Crippen LogP contribution in [0.1, 0.15) is 79.3 Å².